The Labute approximate surface area is 109 Å². The maximum atomic E-state index is 11.9. The average molecular weight is 246 g/mol. The molecule has 1 fully saturated rings. The van der Waals surface area contributed by atoms with Gasteiger partial charge < -0.3 is 4.74 Å². The van der Waals surface area contributed by atoms with E-state index in [0.29, 0.717) is 12.5 Å². The van der Waals surface area contributed by atoms with E-state index in [4.69, 9.17) is 4.74 Å². The van der Waals surface area contributed by atoms with Crippen LogP contribution in [0.5, 0.6) is 0 Å². The van der Waals surface area contributed by atoms with Gasteiger partial charge >= 0.3 is 5.97 Å². The highest BCUT2D eigenvalue weighted by molar-refractivity contribution is 5.72. The Kier molecular flexibility index (Phi) is 4.80. The molecule has 0 N–H and O–H groups in total. The molecular formula is C16H22O2. The molecule has 1 aromatic rings. The molecule has 0 aliphatic heterocycles. The van der Waals surface area contributed by atoms with E-state index in [0.717, 1.165) is 19.3 Å². The lowest BCUT2D eigenvalue weighted by atomic mass is 9.82. The van der Waals surface area contributed by atoms with E-state index in [1.54, 1.807) is 0 Å². The summed E-state index contributed by atoms with van der Waals surface area (Å²) >= 11 is 0. The molecule has 0 bridgehead atoms. The Balaban J connectivity index is 1.71. The zero-order valence-corrected chi connectivity index (χ0v) is 11.1. The van der Waals surface area contributed by atoms with Gasteiger partial charge in [0.05, 0.1) is 12.5 Å². The van der Waals surface area contributed by atoms with Crippen molar-refractivity contribution < 1.29 is 9.53 Å². The van der Waals surface area contributed by atoms with Crippen LogP contribution < -0.4 is 0 Å². The first-order chi connectivity index (χ1) is 8.75. The van der Waals surface area contributed by atoms with Crippen LogP contribution in [0.15, 0.2) is 30.3 Å². The first-order valence-electron chi connectivity index (χ1n) is 6.96. The molecular weight excluding hydrogens is 224 g/mol. The SMILES string of the molecule is CC1CCCC(C(=O)OCCc2ccccc2)C1. The zero-order chi connectivity index (χ0) is 12.8. The lowest BCUT2D eigenvalue weighted by molar-refractivity contribution is -0.150. The predicted molar refractivity (Wildman–Crippen MR) is 72.2 cm³/mol. The van der Waals surface area contributed by atoms with Gasteiger partial charge in [0.2, 0.25) is 0 Å². The van der Waals surface area contributed by atoms with Crippen LogP contribution in [0.25, 0.3) is 0 Å². The summed E-state index contributed by atoms with van der Waals surface area (Å²) in [4.78, 5) is 11.9. The van der Waals surface area contributed by atoms with Gasteiger partial charge in [-0.15, -0.1) is 0 Å². The van der Waals surface area contributed by atoms with E-state index >= 15 is 0 Å². The maximum absolute atomic E-state index is 11.9. The minimum atomic E-state index is 0.0116. The van der Waals surface area contributed by atoms with Gasteiger partial charge in [-0.25, -0.2) is 0 Å². The van der Waals surface area contributed by atoms with Crippen LogP contribution >= 0.6 is 0 Å². The molecule has 0 spiro atoms. The van der Waals surface area contributed by atoms with E-state index in [1.165, 1.54) is 18.4 Å². The molecule has 2 atom stereocenters. The molecule has 2 heteroatoms. The number of benzene rings is 1. The molecule has 1 aliphatic rings. The van der Waals surface area contributed by atoms with Crippen molar-refractivity contribution in [1.29, 1.82) is 0 Å². The highest BCUT2D eigenvalue weighted by atomic mass is 16.5. The molecule has 1 saturated carbocycles. The van der Waals surface area contributed by atoms with Crippen molar-refractivity contribution in [1.82, 2.24) is 0 Å². The fraction of sp³-hybridized carbons (Fsp3) is 0.562. The Morgan fingerprint density at radius 1 is 1.28 bits per heavy atom. The Morgan fingerprint density at radius 3 is 2.78 bits per heavy atom. The highest BCUT2D eigenvalue weighted by Gasteiger charge is 2.25. The van der Waals surface area contributed by atoms with Crippen LogP contribution in [0.3, 0.4) is 0 Å². The van der Waals surface area contributed by atoms with Crippen molar-refractivity contribution in [2.24, 2.45) is 11.8 Å². The van der Waals surface area contributed by atoms with E-state index in [2.05, 4.69) is 19.1 Å². The summed E-state index contributed by atoms with van der Waals surface area (Å²) in [6, 6.07) is 10.2. The molecule has 0 saturated heterocycles. The first-order valence-corrected chi connectivity index (χ1v) is 6.96. The number of carbonyl (C=O) groups is 1. The van der Waals surface area contributed by atoms with Gasteiger partial charge in [0.25, 0.3) is 0 Å². The van der Waals surface area contributed by atoms with Crippen LogP contribution in [0.2, 0.25) is 0 Å². The second-order valence-electron chi connectivity index (χ2n) is 5.37. The number of rotatable bonds is 4. The summed E-state index contributed by atoms with van der Waals surface area (Å²) in [7, 11) is 0. The average Bonchev–Trinajstić information content (AvgIpc) is 2.40. The summed E-state index contributed by atoms with van der Waals surface area (Å²) in [6.07, 6.45) is 5.25. The van der Waals surface area contributed by atoms with E-state index in [1.807, 2.05) is 18.2 Å². The van der Waals surface area contributed by atoms with Crippen LogP contribution in [0, 0.1) is 11.8 Å². The predicted octanol–water partition coefficient (Wildman–Crippen LogP) is 3.60. The summed E-state index contributed by atoms with van der Waals surface area (Å²) < 4.78 is 5.39. The van der Waals surface area contributed by atoms with Crippen molar-refractivity contribution in [2.45, 2.75) is 39.0 Å². The smallest absolute Gasteiger partial charge is 0.308 e. The molecule has 18 heavy (non-hydrogen) atoms. The minimum Gasteiger partial charge on any atom is -0.465 e. The second kappa shape index (κ2) is 6.58. The van der Waals surface area contributed by atoms with Gasteiger partial charge in [-0.05, 0) is 24.3 Å². The molecule has 2 rings (SSSR count). The van der Waals surface area contributed by atoms with E-state index in [-0.39, 0.29) is 11.9 Å². The molecule has 2 nitrogen and oxygen atoms in total. The van der Waals surface area contributed by atoms with Crippen molar-refractivity contribution in [3.8, 4) is 0 Å². The summed E-state index contributed by atoms with van der Waals surface area (Å²) in [5.74, 6) is 0.826. The van der Waals surface area contributed by atoms with Crippen LogP contribution in [0.1, 0.15) is 38.2 Å². The van der Waals surface area contributed by atoms with Gasteiger partial charge in [0.15, 0.2) is 0 Å². The maximum Gasteiger partial charge on any atom is 0.308 e. The van der Waals surface area contributed by atoms with Crippen molar-refractivity contribution in [3.05, 3.63) is 35.9 Å². The van der Waals surface area contributed by atoms with Gasteiger partial charge in [0.1, 0.15) is 0 Å². The fourth-order valence-electron chi connectivity index (χ4n) is 2.68. The lowest BCUT2D eigenvalue weighted by Crippen LogP contribution is -2.24. The Morgan fingerprint density at radius 2 is 2.06 bits per heavy atom. The normalized spacial score (nSPS) is 23.6. The third-order valence-electron chi connectivity index (χ3n) is 3.75. The van der Waals surface area contributed by atoms with Gasteiger partial charge in [-0.1, -0.05) is 50.1 Å². The van der Waals surface area contributed by atoms with Crippen molar-refractivity contribution in [2.75, 3.05) is 6.61 Å². The fourth-order valence-corrected chi connectivity index (χ4v) is 2.68. The minimum absolute atomic E-state index is 0.0116. The molecule has 0 amide bonds. The third-order valence-corrected chi connectivity index (χ3v) is 3.75. The van der Waals surface area contributed by atoms with Crippen LogP contribution in [0.4, 0.5) is 0 Å². The van der Waals surface area contributed by atoms with Gasteiger partial charge in [-0.2, -0.15) is 0 Å². The third kappa shape index (κ3) is 3.86. The summed E-state index contributed by atoms with van der Waals surface area (Å²) in [6.45, 7) is 2.73. The van der Waals surface area contributed by atoms with E-state index in [9.17, 15) is 4.79 Å². The van der Waals surface area contributed by atoms with Crippen molar-refractivity contribution in [3.63, 3.8) is 0 Å². The van der Waals surface area contributed by atoms with Gasteiger partial charge in [0, 0.05) is 6.42 Å². The standard InChI is InChI=1S/C16H22O2/c1-13-6-5-9-15(12-13)16(17)18-11-10-14-7-3-2-4-8-14/h2-4,7-8,13,15H,5-6,9-12H2,1H3. The van der Waals surface area contributed by atoms with Gasteiger partial charge in [-0.3, -0.25) is 4.79 Å². The van der Waals surface area contributed by atoms with Crippen molar-refractivity contribution >= 4 is 5.97 Å². The highest BCUT2D eigenvalue weighted by Crippen LogP contribution is 2.29. The summed E-state index contributed by atoms with van der Waals surface area (Å²) in [5, 5.41) is 0. The molecule has 2 unspecified atom stereocenters. The van der Waals surface area contributed by atoms with E-state index < -0.39 is 0 Å². The molecule has 1 aromatic carbocycles. The second-order valence-corrected chi connectivity index (χ2v) is 5.37. The molecule has 0 heterocycles. The quantitative estimate of drug-likeness (QED) is 0.759. The molecule has 1 aliphatic carbocycles. The lowest BCUT2D eigenvalue weighted by Gasteiger charge is -2.25. The summed E-state index contributed by atoms with van der Waals surface area (Å²) in [5.41, 5.74) is 1.22. The number of carbonyl (C=O) groups excluding carboxylic acids is 1. The van der Waals surface area contributed by atoms with Crippen LogP contribution in [-0.2, 0) is 16.0 Å². The molecule has 98 valence electrons. The number of hydrogen-bond donors (Lipinski definition) is 0. The monoisotopic (exact) mass is 246 g/mol. The number of hydrogen-bond acceptors (Lipinski definition) is 2. The Hall–Kier alpha value is -1.31. The molecule has 0 aromatic heterocycles. The topological polar surface area (TPSA) is 26.3 Å². The van der Waals surface area contributed by atoms with Crippen LogP contribution in [-0.4, -0.2) is 12.6 Å². The zero-order valence-electron chi connectivity index (χ0n) is 11.1. The number of ether oxygens (including phenoxy) is 1. The first kappa shape index (κ1) is 13.1. The Bertz CT molecular complexity index is 372. The molecule has 0 radical (unpaired) electrons. The largest absolute Gasteiger partial charge is 0.465 e. The number of esters is 1.